The first-order chi connectivity index (χ1) is 17.9. The quantitative estimate of drug-likeness (QED) is 0.224. The van der Waals surface area contributed by atoms with Crippen molar-refractivity contribution in [3.63, 3.8) is 0 Å². The molecule has 1 radical (unpaired) electrons. The average Bonchev–Trinajstić information content (AvgIpc) is 2.89. The van der Waals surface area contributed by atoms with E-state index in [1.807, 2.05) is 187 Å². The second-order valence-electron chi connectivity index (χ2n) is 6.49. The van der Waals surface area contributed by atoms with Crippen LogP contribution in [0.1, 0.15) is 0 Å². The van der Waals surface area contributed by atoms with Crippen LogP contribution in [0.15, 0.2) is 0 Å². The maximum absolute atomic E-state index is 10.1. The third kappa shape index (κ3) is 36.1. The zero-order valence-corrected chi connectivity index (χ0v) is 20.6. The molecule has 1 nitrogen and oxygen atoms in total. The van der Waals surface area contributed by atoms with Crippen LogP contribution < -0.4 is 0 Å². The van der Waals surface area contributed by atoms with Crippen LogP contribution >= 0.6 is 0 Å². The third-order valence-electron chi connectivity index (χ3n) is 3.63. The van der Waals surface area contributed by atoms with Gasteiger partial charge in [-0.05, 0) is 0 Å². The summed E-state index contributed by atoms with van der Waals surface area (Å²) in [6, 6.07) is 0. The standard InChI is InChI=1S/B35O/c1-2-3-4-5-6-7-8-9-10-11-12-13-14-15-16-17-18-19-20-21-22-23-24-25-26-27-28-29-30-31-32-33-34-35-36. The molecule has 36 heavy (non-hydrogen) atoms. The molecule has 0 saturated carbocycles. The molecule has 0 amide bonds. The van der Waals surface area contributed by atoms with Crippen LogP contribution in [-0.2, 0) is 4.70 Å². The van der Waals surface area contributed by atoms with E-state index in [1.165, 1.54) is 13.4 Å². The van der Waals surface area contributed by atoms with Crippen molar-refractivity contribution >= 4 is 235 Å². The van der Waals surface area contributed by atoms with Crippen LogP contribution in [-0.4, -0.2) is 235 Å². The van der Waals surface area contributed by atoms with Crippen LogP contribution in [0.4, 0.5) is 0 Å². The molecule has 0 aliphatic heterocycles. The predicted molar refractivity (Wildman–Crippen MR) is 202 cm³/mol. The van der Waals surface area contributed by atoms with Crippen molar-refractivity contribution in [1.82, 2.24) is 0 Å². The molecule has 111 valence electrons. The van der Waals surface area contributed by atoms with Crippen molar-refractivity contribution < 1.29 is 4.70 Å². The number of hydrogen-bond acceptors (Lipinski definition) is 1. The molecule has 0 spiro atoms. The summed E-state index contributed by atoms with van der Waals surface area (Å²) in [5.74, 6) is 0. The molecule has 0 aliphatic carbocycles. The average molecular weight is 394 g/mol. The molecule has 0 aromatic rings. The van der Waals surface area contributed by atoms with E-state index in [1.54, 1.807) is 20.1 Å². The molecule has 0 aromatic heterocycles. The molecule has 0 aliphatic rings. The number of rotatable bonds is 17. The fourth-order valence-electron chi connectivity index (χ4n) is 2.03. The Morgan fingerprint density at radius 2 is 0.361 bits per heavy atom. The SMILES string of the molecule is [B]=BB=BB=BB=BB=BB=BB=BB=BB=BB=BB=BB=BB=BB=BB=BB=BB=BB=O. The summed E-state index contributed by atoms with van der Waals surface area (Å²) in [6.45, 7) is 62.9. The van der Waals surface area contributed by atoms with Gasteiger partial charge in [-0.3, -0.25) is 0 Å². The van der Waals surface area contributed by atoms with Crippen LogP contribution in [0, 0.1) is 0 Å². The Kier molecular flexibility index (Phi) is 39.2. The maximum atomic E-state index is 10.1. The van der Waals surface area contributed by atoms with Crippen molar-refractivity contribution in [2.75, 3.05) is 0 Å². The van der Waals surface area contributed by atoms with Crippen LogP contribution in [0.25, 0.3) is 0 Å². The topological polar surface area (TPSA) is 17.1 Å². The fraction of sp³-hybridized carbons (Fsp3) is 0. The Morgan fingerprint density at radius 1 is 0.222 bits per heavy atom. The first-order valence-electron chi connectivity index (χ1n) is 11.6. The summed E-state index contributed by atoms with van der Waals surface area (Å²) < 4.78 is 10.1. The summed E-state index contributed by atoms with van der Waals surface area (Å²) >= 11 is 0. The van der Waals surface area contributed by atoms with E-state index in [9.17, 15) is 4.70 Å². The Balaban J connectivity index is 4.00. The minimum atomic E-state index is 0.748. The Bertz CT molecular complexity index is 958. The van der Waals surface area contributed by atoms with Crippen LogP contribution in [0.3, 0.4) is 0 Å². The van der Waals surface area contributed by atoms with Gasteiger partial charge in [-0.15, -0.1) is 0 Å². The molecular weight excluding hydrogens is 394 g/mol. The van der Waals surface area contributed by atoms with Crippen molar-refractivity contribution in [3.05, 3.63) is 0 Å². The first kappa shape index (κ1) is 38.1. The molecule has 0 aromatic carbocycles. The van der Waals surface area contributed by atoms with Gasteiger partial charge in [0.2, 0.25) is 0 Å². The number of hydrogen-bond donors (Lipinski definition) is 0. The molecule has 36 heteroatoms. The molecule has 0 saturated heterocycles. The van der Waals surface area contributed by atoms with E-state index in [0.717, 1.165) is 7.04 Å². The predicted octanol–water partition coefficient (Wildman–Crippen LogP) is -13.4. The van der Waals surface area contributed by atoms with Gasteiger partial charge in [0.15, 0.2) is 0 Å². The Hall–Kier alpha value is 2.07. The van der Waals surface area contributed by atoms with Crippen molar-refractivity contribution in [2.24, 2.45) is 0 Å². The van der Waals surface area contributed by atoms with Gasteiger partial charge in [-0.1, -0.05) is 0 Å². The summed E-state index contributed by atoms with van der Waals surface area (Å²) in [4.78, 5) is 0. The summed E-state index contributed by atoms with van der Waals surface area (Å²) in [7, 11) is 5.98. The van der Waals surface area contributed by atoms with Crippen LogP contribution in [0.2, 0.25) is 0 Å². The van der Waals surface area contributed by atoms with Gasteiger partial charge in [-0.25, -0.2) is 0 Å². The molecular formula is B35O. The van der Waals surface area contributed by atoms with Gasteiger partial charge in [0, 0.05) is 0 Å². The van der Waals surface area contributed by atoms with E-state index >= 15 is 0 Å². The van der Waals surface area contributed by atoms with Crippen molar-refractivity contribution in [2.45, 2.75) is 0 Å². The minimum absolute atomic E-state index is 0.748. The van der Waals surface area contributed by atoms with Gasteiger partial charge in [0.1, 0.15) is 0 Å². The monoisotopic (exact) mass is 401 g/mol. The fourth-order valence-corrected chi connectivity index (χ4v) is 2.03. The summed E-state index contributed by atoms with van der Waals surface area (Å²) in [6.07, 6.45) is 0. The summed E-state index contributed by atoms with van der Waals surface area (Å²) in [5, 5.41) is 0. The zero-order chi connectivity index (χ0) is 26.0. The molecule has 0 N–H and O–H groups in total. The normalized spacial score (nSPS) is 7.42. The van der Waals surface area contributed by atoms with Crippen molar-refractivity contribution in [1.29, 1.82) is 0 Å². The van der Waals surface area contributed by atoms with Crippen molar-refractivity contribution in [3.8, 4) is 0 Å². The van der Waals surface area contributed by atoms with Gasteiger partial charge in [-0.2, -0.15) is 0 Å². The second-order valence-corrected chi connectivity index (χ2v) is 6.49. The van der Waals surface area contributed by atoms with E-state index in [2.05, 4.69) is 0 Å². The molecule has 0 fully saturated rings. The zero-order valence-electron chi connectivity index (χ0n) is 20.6. The Labute approximate surface area is 238 Å². The molecule has 0 rings (SSSR count). The van der Waals surface area contributed by atoms with Gasteiger partial charge in [0.05, 0.1) is 0 Å². The van der Waals surface area contributed by atoms with Gasteiger partial charge in [0.25, 0.3) is 0 Å². The third-order valence-corrected chi connectivity index (χ3v) is 3.63. The molecule has 0 unspecified atom stereocenters. The van der Waals surface area contributed by atoms with E-state index in [4.69, 9.17) is 7.37 Å². The van der Waals surface area contributed by atoms with E-state index in [-0.39, 0.29) is 0 Å². The second kappa shape index (κ2) is 37.1. The van der Waals surface area contributed by atoms with E-state index in [0.29, 0.717) is 0 Å². The first-order valence-corrected chi connectivity index (χ1v) is 11.6. The van der Waals surface area contributed by atoms with E-state index < -0.39 is 0 Å². The van der Waals surface area contributed by atoms with Gasteiger partial charge >= 0.3 is 240 Å². The molecule has 0 atom stereocenters. The molecule has 0 bridgehead atoms. The van der Waals surface area contributed by atoms with Crippen LogP contribution in [0.5, 0.6) is 0 Å². The Morgan fingerprint density at radius 3 is 0.500 bits per heavy atom. The van der Waals surface area contributed by atoms with Gasteiger partial charge < -0.3 is 0 Å². The summed E-state index contributed by atoms with van der Waals surface area (Å²) in [5.41, 5.74) is 0. The molecule has 0 heterocycles.